The van der Waals surface area contributed by atoms with Crippen LogP contribution in [0.4, 0.5) is 5.69 Å². The topological polar surface area (TPSA) is 75.7 Å². The summed E-state index contributed by atoms with van der Waals surface area (Å²) in [5.74, 6) is -1.52. The highest BCUT2D eigenvalue weighted by Gasteiger charge is 2.30. The fourth-order valence-electron chi connectivity index (χ4n) is 3.01. The number of carbonyl (C=O) groups is 2. The number of nitrogens with one attached hydrogen (secondary N) is 1. The van der Waals surface area contributed by atoms with Gasteiger partial charge in [-0.2, -0.15) is 0 Å². The molecule has 2 aromatic rings. The molecule has 6 nitrogen and oxygen atoms in total. The first-order valence-corrected chi connectivity index (χ1v) is 8.79. The fraction of sp³-hybridized carbons (Fsp3) is 0.238. The van der Waals surface area contributed by atoms with Crippen molar-refractivity contribution in [1.29, 1.82) is 0 Å². The molecule has 1 aliphatic rings. The van der Waals surface area contributed by atoms with Crippen molar-refractivity contribution in [3.63, 3.8) is 0 Å². The maximum absolute atomic E-state index is 12.6. The first-order chi connectivity index (χ1) is 13.0. The number of hydrogen-bond donors (Lipinski definition) is 1. The van der Waals surface area contributed by atoms with E-state index in [0.29, 0.717) is 0 Å². The Balaban J connectivity index is 1.89. The molecule has 0 aliphatic carbocycles. The molecule has 1 atom stereocenters. The number of aliphatic carboxylic acids is 1. The molecule has 0 bridgehead atoms. The maximum Gasteiger partial charge on any atom is 0.242 e. The molecule has 2 aromatic carbocycles. The molecule has 27 heavy (non-hydrogen) atoms. The summed E-state index contributed by atoms with van der Waals surface area (Å²) in [5.41, 5.74) is 6.92. The van der Waals surface area contributed by atoms with E-state index in [9.17, 15) is 14.7 Å². The number of rotatable bonds is 6. The highest BCUT2D eigenvalue weighted by Crippen LogP contribution is 2.32. The average molecular weight is 364 g/mol. The Morgan fingerprint density at radius 2 is 1.70 bits per heavy atom. The summed E-state index contributed by atoms with van der Waals surface area (Å²) in [7, 11) is 3.94. The highest BCUT2D eigenvalue weighted by atomic mass is 16.4. The van der Waals surface area contributed by atoms with Crippen molar-refractivity contribution in [1.82, 2.24) is 10.4 Å². The van der Waals surface area contributed by atoms with E-state index >= 15 is 0 Å². The van der Waals surface area contributed by atoms with Crippen LogP contribution in [0.3, 0.4) is 0 Å². The van der Waals surface area contributed by atoms with Gasteiger partial charge >= 0.3 is 0 Å². The van der Waals surface area contributed by atoms with Gasteiger partial charge in [0.05, 0.1) is 11.7 Å². The van der Waals surface area contributed by atoms with Gasteiger partial charge in [-0.25, -0.2) is 5.01 Å². The van der Waals surface area contributed by atoms with Crippen molar-refractivity contribution in [2.45, 2.75) is 18.9 Å². The maximum atomic E-state index is 12.6. The Kier molecular flexibility index (Phi) is 5.45. The highest BCUT2D eigenvalue weighted by molar-refractivity contribution is 5.83. The minimum absolute atomic E-state index is 0.114. The standard InChI is InChI=1S/C21H23N3O3/c1-23(2)17-10-8-16(9-11-17)19-14-18(15-6-4-3-5-7-15)22-24(19)20(25)12-13-21(26)27/h3-11,14,19,22H,12-13H2,1-2H3,(H,26,27)/p-1/t19-/m1/s1. The summed E-state index contributed by atoms with van der Waals surface area (Å²) >= 11 is 0. The first-order valence-electron chi connectivity index (χ1n) is 8.79. The molecule has 0 saturated carbocycles. The van der Waals surface area contributed by atoms with Crippen LogP contribution in [0.2, 0.25) is 0 Å². The van der Waals surface area contributed by atoms with Crippen LogP contribution >= 0.6 is 0 Å². The summed E-state index contributed by atoms with van der Waals surface area (Å²) in [6.07, 6.45) is 1.57. The smallest absolute Gasteiger partial charge is 0.242 e. The zero-order valence-corrected chi connectivity index (χ0v) is 15.4. The van der Waals surface area contributed by atoms with Gasteiger partial charge in [0.25, 0.3) is 0 Å². The Hall–Kier alpha value is -3.28. The van der Waals surface area contributed by atoms with Gasteiger partial charge in [0, 0.05) is 32.2 Å². The number of carboxylic acid groups (broad SMARTS) is 1. The number of amides is 1. The molecule has 0 aromatic heterocycles. The van der Waals surface area contributed by atoms with Gasteiger partial charge in [-0.15, -0.1) is 0 Å². The minimum Gasteiger partial charge on any atom is -0.550 e. The molecule has 1 N–H and O–H groups in total. The monoisotopic (exact) mass is 364 g/mol. The van der Waals surface area contributed by atoms with E-state index in [-0.39, 0.29) is 24.8 Å². The Morgan fingerprint density at radius 1 is 1.04 bits per heavy atom. The minimum atomic E-state index is -1.23. The van der Waals surface area contributed by atoms with Crippen LogP contribution in [0.15, 0.2) is 60.7 Å². The normalized spacial score (nSPS) is 15.9. The van der Waals surface area contributed by atoms with Crippen molar-refractivity contribution >= 4 is 23.3 Å². The second-order valence-electron chi connectivity index (χ2n) is 6.62. The van der Waals surface area contributed by atoms with E-state index in [1.807, 2.05) is 79.7 Å². The van der Waals surface area contributed by atoms with Gasteiger partial charge in [0.2, 0.25) is 5.91 Å². The van der Waals surface area contributed by atoms with Crippen LogP contribution in [0.1, 0.15) is 30.0 Å². The molecule has 0 radical (unpaired) electrons. The molecule has 0 unspecified atom stereocenters. The average Bonchev–Trinajstić information content (AvgIpc) is 3.12. The van der Waals surface area contributed by atoms with Crippen molar-refractivity contribution in [2.24, 2.45) is 0 Å². The Bertz CT molecular complexity index is 845. The van der Waals surface area contributed by atoms with Gasteiger partial charge in [-0.1, -0.05) is 42.5 Å². The largest absolute Gasteiger partial charge is 0.550 e. The summed E-state index contributed by atoms with van der Waals surface area (Å²) < 4.78 is 0. The lowest BCUT2D eigenvalue weighted by Gasteiger charge is -2.26. The lowest BCUT2D eigenvalue weighted by molar-refractivity contribution is -0.305. The second-order valence-corrected chi connectivity index (χ2v) is 6.62. The van der Waals surface area contributed by atoms with Crippen LogP contribution in [0, 0.1) is 0 Å². The second kappa shape index (κ2) is 7.95. The lowest BCUT2D eigenvalue weighted by atomic mass is 10.0. The molecule has 1 amide bonds. The van der Waals surface area contributed by atoms with E-state index in [1.54, 1.807) is 0 Å². The first kappa shape index (κ1) is 18.5. The van der Waals surface area contributed by atoms with E-state index in [0.717, 1.165) is 22.5 Å². The molecule has 0 fully saturated rings. The number of hydrogen-bond acceptors (Lipinski definition) is 5. The molecule has 6 heteroatoms. The van der Waals surface area contributed by atoms with Gasteiger partial charge in [-0.3, -0.25) is 10.2 Å². The zero-order valence-electron chi connectivity index (χ0n) is 15.4. The number of carbonyl (C=O) groups excluding carboxylic acids is 2. The number of anilines is 1. The van der Waals surface area contributed by atoms with Crippen LogP contribution in [-0.4, -0.2) is 31.0 Å². The summed E-state index contributed by atoms with van der Waals surface area (Å²) in [5, 5.41) is 12.2. The fourth-order valence-corrected chi connectivity index (χ4v) is 3.01. The Morgan fingerprint density at radius 3 is 2.30 bits per heavy atom. The molecular weight excluding hydrogens is 342 g/mol. The molecule has 1 heterocycles. The molecule has 140 valence electrons. The number of nitrogens with zero attached hydrogens (tertiary/aromatic N) is 2. The molecule has 0 spiro atoms. The van der Waals surface area contributed by atoms with Crippen LogP contribution in [-0.2, 0) is 9.59 Å². The quantitative estimate of drug-likeness (QED) is 0.845. The van der Waals surface area contributed by atoms with Crippen molar-refractivity contribution in [3.8, 4) is 0 Å². The van der Waals surface area contributed by atoms with Gasteiger partial charge < -0.3 is 14.8 Å². The van der Waals surface area contributed by atoms with Crippen molar-refractivity contribution < 1.29 is 14.7 Å². The van der Waals surface area contributed by atoms with Crippen molar-refractivity contribution in [2.75, 3.05) is 19.0 Å². The third kappa shape index (κ3) is 4.28. The molecule has 1 aliphatic heterocycles. The van der Waals surface area contributed by atoms with Crippen molar-refractivity contribution in [3.05, 3.63) is 71.8 Å². The number of hydrazine groups is 1. The third-order valence-electron chi connectivity index (χ3n) is 4.49. The predicted octanol–water partition coefficient (Wildman–Crippen LogP) is 1.71. The third-order valence-corrected chi connectivity index (χ3v) is 4.49. The predicted molar refractivity (Wildman–Crippen MR) is 102 cm³/mol. The molecule has 0 saturated heterocycles. The van der Waals surface area contributed by atoms with E-state index < -0.39 is 5.97 Å². The van der Waals surface area contributed by atoms with Gasteiger partial charge in [0.1, 0.15) is 0 Å². The number of benzene rings is 2. The summed E-state index contributed by atoms with van der Waals surface area (Å²) in [4.78, 5) is 25.4. The SMILES string of the molecule is CN(C)c1ccc([C@H]2C=C(c3ccccc3)NN2C(=O)CCC(=O)[O-])cc1. The van der Waals surface area contributed by atoms with Gasteiger partial charge in [0.15, 0.2) is 0 Å². The zero-order chi connectivity index (χ0) is 19.4. The van der Waals surface area contributed by atoms with Crippen LogP contribution in [0.25, 0.3) is 5.70 Å². The summed E-state index contributed by atoms with van der Waals surface area (Å²) in [6.45, 7) is 0. The van der Waals surface area contributed by atoms with Crippen LogP contribution < -0.4 is 15.4 Å². The van der Waals surface area contributed by atoms with E-state index in [2.05, 4.69) is 5.43 Å². The molecular formula is C21H22N3O3-. The van der Waals surface area contributed by atoms with Gasteiger partial charge in [-0.05, 0) is 35.8 Å². The van der Waals surface area contributed by atoms with E-state index in [1.165, 1.54) is 5.01 Å². The lowest BCUT2D eigenvalue weighted by Crippen LogP contribution is -2.40. The van der Waals surface area contributed by atoms with Crippen LogP contribution in [0.5, 0.6) is 0 Å². The summed E-state index contributed by atoms with van der Waals surface area (Å²) in [6, 6.07) is 17.3. The van der Waals surface area contributed by atoms with E-state index in [4.69, 9.17) is 0 Å². The molecule has 3 rings (SSSR count). The number of carboxylic acids is 1. The Labute approximate surface area is 158 Å².